The van der Waals surface area contributed by atoms with Crippen LogP contribution in [0.4, 0.5) is 0 Å². The number of halogens is 1. The second kappa shape index (κ2) is 3.37. The zero-order valence-corrected chi connectivity index (χ0v) is 7.73. The van der Waals surface area contributed by atoms with Gasteiger partial charge in [0.25, 0.3) is 0 Å². The van der Waals surface area contributed by atoms with Crippen molar-refractivity contribution in [2.24, 2.45) is 5.92 Å². The SMILES string of the molecule is CN(CC1CC1)C(=O)CBr. The Kier molecular flexibility index (Phi) is 2.72. The van der Waals surface area contributed by atoms with E-state index in [1.54, 1.807) is 4.90 Å². The predicted octanol–water partition coefficient (Wildman–Crippen LogP) is 1.25. The molecule has 0 heterocycles. The first-order valence-corrected chi connectivity index (χ1v) is 4.66. The van der Waals surface area contributed by atoms with Crippen LogP contribution in [0.3, 0.4) is 0 Å². The molecule has 1 aliphatic rings. The molecule has 2 nitrogen and oxygen atoms in total. The molecule has 0 bridgehead atoms. The van der Waals surface area contributed by atoms with Gasteiger partial charge in [-0.1, -0.05) is 15.9 Å². The highest BCUT2D eigenvalue weighted by Crippen LogP contribution is 2.29. The lowest BCUT2D eigenvalue weighted by Crippen LogP contribution is -2.29. The maximum absolute atomic E-state index is 11.0. The lowest BCUT2D eigenvalue weighted by molar-refractivity contribution is -0.127. The Balaban J connectivity index is 2.18. The van der Waals surface area contributed by atoms with Gasteiger partial charge in [-0.15, -0.1) is 0 Å². The quantitative estimate of drug-likeness (QED) is 0.636. The number of carbonyl (C=O) groups is 1. The Morgan fingerprint density at radius 3 is 2.70 bits per heavy atom. The van der Waals surface area contributed by atoms with Crippen LogP contribution in [0.5, 0.6) is 0 Å². The van der Waals surface area contributed by atoms with Crippen LogP contribution in [-0.4, -0.2) is 29.7 Å². The molecule has 0 saturated heterocycles. The Bertz CT molecular complexity index is 134. The van der Waals surface area contributed by atoms with Gasteiger partial charge in [0.2, 0.25) is 5.91 Å². The number of rotatable bonds is 3. The van der Waals surface area contributed by atoms with Gasteiger partial charge in [0.1, 0.15) is 0 Å². The predicted molar refractivity (Wildman–Crippen MR) is 44.2 cm³/mol. The van der Waals surface area contributed by atoms with E-state index < -0.39 is 0 Å². The van der Waals surface area contributed by atoms with Crippen molar-refractivity contribution in [3.05, 3.63) is 0 Å². The molecule has 0 aromatic heterocycles. The summed E-state index contributed by atoms with van der Waals surface area (Å²) in [6, 6.07) is 0. The fourth-order valence-corrected chi connectivity index (χ4v) is 1.32. The van der Waals surface area contributed by atoms with Gasteiger partial charge in [0.05, 0.1) is 5.33 Å². The first-order valence-electron chi connectivity index (χ1n) is 3.54. The third-order valence-electron chi connectivity index (χ3n) is 1.77. The van der Waals surface area contributed by atoms with E-state index in [0.717, 1.165) is 12.5 Å². The Hall–Kier alpha value is -0.0500. The lowest BCUT2D eigenvalue weighted by Gasteiger charge is -2.14. The highest BCUT2D eigenvalue weighted by atomic mass is 79.9. The summed E-state index contributed by atoms with van der Waals surface area (Å²) >= 11 is 3.13. The number of alkyl halides is 1. The number of hydrogen-bond acceptors (Lipinski definition) is 1. The lowest BCUT2D eigenvalue weighted by atomic mass is 10.4. The monoisotopic (exact) mass is 205 g/mol. The summed E-state index contributed by atoms with van der Waals surface area (Å²) in [4.78, 5) is 12.8. The van der Waals surface area contributed by atoms with Crippen LogP contribution in [0.25, 0.3) is 0 Å². The van der Waals surface area contributed by atoms with Crippen LogP contribution in [0.2, 0.25) is 0 Å². The van der Waals surface area contributed by atoms with Crippen LogP contribution in [0.15, 0.2) is 0 Å². The number of amides is 1. The third-order valence-corrected chi connectivity index (χ3v) is 2.25. The fourth-order valence-electron chi connectivity index (χ4n) is 0.892. The van der Waals surface area contributed by atoms with E-state index in [-0.39, 0.29) is 5.91 Å². The van der Waals surface area contributed by atoms with Crippen LogP contribution in [-0.2, 0) is 4.79 Å². The van der Waals surface area contributed by atoms with E-state index in [9.17, 15) is 4.79 Å². The maximum Gasteiger partial charge on any atom is 0.232 e. The van der Waals surface area contributed by atoms with Crippen molar-refractivity contribution in [1.29, 1.82) is 0 Å². The minimum Gasteiger partial charge on any atom is -0.345 e. The molecular weight excluding hydrogens is 194 g/mol. The summed E-state index contributed by atoms with van der Waals surface area (Å²) in [6.45, 7) is 0.949. The van der Waals surface area contributed by atoms with Crippen LogP contribution in [0, 0.1) is 5.92 Å². The third kappa shape index (κ3) is 2.29. The molecule has 1 amide bonds. The zero-order valence-electron chi connectivity index (χ0n) is 6.14. The van der Waals surface area contributed by atoms with E-state index in [4.69, 9.17) is 0 Å². The van der Waals surface area contributed by atoms with E-state index in [1.807, 2.05) is 7.05 Å². The minimum atomic E-state index is 0.187. The molecule has 1 saturated carbocycles. The normalized spacial score (nSPS) is 17.0. The van der Waals surface area contributed by atoms with E-state index in [1.165, 1.54) is 12.8 Å². The van der Waals surface area contributed by atoms with Gasteiger partial charge in [-0.05, 0) is 18.8 Å². The van der Waals surface area contributed by atoms with Crippen molar-refractivity contribution in [2.45, 2.75) is 12.8 Å². The first kappa shape index (κ1) is 8.05. The van der Waals surface area contributed by atoms with Gasteiger partial charge in [-0.25, -0.2) is 0 Å². The largest absolute Gasteiger partial charge is 0.345 e. The van der Waals surface area contributed by atoms with E-state index in [0.29, 0.717) is 5.33 Å². The molecule has 58 valence electrons. The molecule has 0 spiro atoms. The standard InChI is InChI=1S/C7H12BrNO/c1-9(7(10)4-8)5-6-2-3-6/h6H,2-5H2,1H3. The minimum absolute atomic E-state index is 0.187. The molecule has 0 atom stereocenters. The second-order valence-corrected chi connectivity index (χ2v) is 3.41. The fraction of sp³-hybridized carbons (Fsp3) is 0.857. The molecule has 0 aromatic rings. The molecular formula is C7H12BrNO. The average molecular weight is 206 g/mol. The molecule has 0 N–H and O–H groups in total. The van der Waals surface area contributed by atoms with Gasteiger partial charge in [-0.3, -0.25) is 4.79 Å². The Labute approximate surface area is 69.7 Å². The van der Waals surface area contributed by atoms with Gasteiger partial charge in [-0.2, -0.15) is 0 Å². The number of nitrogens with zero attached hydrogens (tertiary/aromatic N) is 1. The summed E-state index contributed by atoms with van der Waals surface area (Å²) in [7, 11) is 1.86. The van der Waals surface area contributed by atoms with Crippen LogP contribution >= 0.6 is 15.9 Å². The molecule has 1 fully saturated rings. The van der Waals surface area contributed by atoms with Crippen molar-refractivity contribution in [3.8, 4) is 0 Å². The average Bonchev–Trinajstić information content (AvgIpc) is 2.70. The van der Waals surface area contributed by atoms with Gasteiger partial charge < -0.3 is 4.90 Å². The summed E-state index contributed by atoms with van der Waals surface area (Å²) in [5.41, 5.74) is 0. The maximum atomic E-state index is 11.0. The molecule has 1 aliphatic carbocycles. The molecule has 0 aliphatic heterocycles. The highest BCUT2D eigenvalue weighted by Gasteiger charge is 2.24. The van der Waals surface area contributed by atoms with Crippen molar-refractivity contribution in [2.75, 3.05) is 18.9 Å². The van der Waals surface area contributed by atoms with Crippen molar-refractivity contribution >= 4 is 21.8 Å². The Morgan fingerprint density at radius 1 is 1.70 bits per heavy atom. The van der Waals surface area contributed by atoms with E-state index >= 15 is 0 Å². The summed E-state index contributed by atoms with van der Waals surface area (Å²) < 4.78 is 0. The summed E-state index contributed by atoms with van der Waals surface area (Å²) in [6.07, 6.45) is 2.61. The smallest absolute Gasteiger partial charge is 0.232 e. The highest BCUT2D eigenvalue weighted by molar-refractivity contribution is 9.09. The van der Waals surface area contributed by atoms with Gasteiger partial charge >= 0.3 is 0 Å². The van der Waals surface area contributed by atoms with Crippen molar-refractivity contribution in [1.82, 2.24) is 4.90 Å². The molecule has 3 heteroatoms. The molecule has 10 heavy (non-hydrogen) atoms. The summed E-state index contributed by atoms with van der Waals surface area (Å²) in [5.74, 6) is 0.986. The molecule has 0 radical (unpaired) electrons. The molecule has 0 aromatic carbocycles. The zero-order chi connectivity index (χ0) is 7.56. The number of hydrogen-bond donors (Lipinski definition) is 0. The number of carbonyl (C=O) groups excluding carboxylic acids is 1. The first-order chi connectivity index (χ1) is 4.74. The van der Waals surface area contributed by atoms with Crippen molar-refractivity contribution < 1.29 is 4.79 Å². The topological polar surface area (TPSA) is 20.3 Å². The Morgan fingerprint density at radius 2 is 2.30 bits per heavy atom. The molecule has 1 rings (SSSR count). The molecule has 0 unspecified atom stereocenters. The van der Waals surface area contributed by atoms with Crippen molar-refractivity contribution in [3.63, 3.8) is 0 Å². The summed E-state index contributed by atoms with van der Waals surface area (Å²) in [5, 5.41) is 0.455. The van der Waals surface area contributed by atoms with Crippen LogP contribution < -0.4 is 0 Å². The van der Waals surface area contributed by atoms with Crippen LogP contribution in [0.1, 0.15) is 12.8 Å². The van der Waals surface area contributed by atoms with E-state index in [2.05, 4.69) is 15.9 Å². The van der Waals surface area contributed by atoms with Gasteiger partial charge in [0, 0.05) is 13.6 Å². The second-order valence-electron chi connectivity index (χ2n) is 2.85. The van der Waals surface area contributed by atoms with Gasteiger partial charge in [0.15, 0.2) is 0 Å².